The summed E-state index contributed by atoms with van der Waals surface area (Å²) in [5, 5.41) is 57.4. The number of carbonyl (C=O) groups is 2. The molecule has 1 saturated heterocycles. The Morgan fingerprint density at radius 3 is 1.15 bits per heavy atom. The number of nitrogens with one attached hydrogen (secondary N) is 1. The largest absolute Gasteiger partial charge is 0.454 e. The molecule has 0 spiro atoms. The number of hydrogen-bond donors (Lipinski definition) is 6. The minimum Gasteiger partial charge on any atom is -0.454 e. The van der Waals surface area contributed by atoms with Crippen LogP contribution in [0.15, 0.2) is 60.8 Å². The molecule has 91 heavy (non-hydrogen) atoms. The zero-order valence-electron chi connectivity index (χ0n) is 59.5. The first-order valence-corrected chi connectivity index (χ1v) is 39.1. The Kier molecular flexibility index (Phi) is 63.9. The maximum Gasteiger partial charge on any atom is 0.306 e. The number of esters is 1. The van der Waals surface area contributed by atoms with E-state index in [1.807, 2.05) is 6.08 Å². The normalized spacial score (nSPS) is 18.3. The van der Waals surface area contributed by atoms with Crippen LogP contribution < -0.4 is 5.32 Å². The van der Waals surface area contributed by atoms with E-state index in [9.17, 15) is 35.1 Å². The number of carbonyl (C=O) groups excluding carboxylic acids is 2. The van der Waals surface area contributed by atoms with Gasteiger partial charge in [0.25, 0.3) is 0 Å². The minimum atomic E-state index is -1.61. The van der Waals surface area contributed by atoms with E-state index >= 15 is 0 Å². The number of hydrogen-bond acceptors (Lipinski definition) is 10. The van der Waals surface area contributed by atoms with Gasteiger partial charge in [0.05, 0.1) is 25.4 Å². The van der Waals surface area contributed by atoms with Gasteiger partial charge in [0, 0.05) is 6.42 Å². The summed E-state index contributed by atoms with van der Waals surface area (Å²) < 4.78 is 17.8. The Bertz CT molecular complexity index is 1720. The van der Waals surface area contributed by atoms with E-state index in [1.165, 1.54) is 244 Å². The van der Waals surface area contributed by atoms with E-state index in [2.05, 4.69) is 74.7 Å². The molecule has 8 unspecified atom stereocenters. The molecule has 6 N–H and O–H groups in total. The van der Waals surface area contributed by atoms with E-state index in [1.54, 1.807) is 6.08 Å². The predicted molar refractivity (Wildman–Crippen MR) is 384 cm³/mol. The van der Waals surface area contributed by atoms with Gasteiger partial charge in [0.1, 0.15) is 24.4 Å². The van der Waals surface area contributed by atoms with Gasteiger partial charge in [-0.3, -0.25) is 9.59 Å². The minimum absolute atomic E-state index is 0.128. The van der Waals surface area contributed by atoms with Crippen molar-refractivity contribution in [1.82, 2.24) is 5.32 Å². The van der Waals surface area contributed by atoms with Crippen molar-refractivity contribution in [2.75, 3.05) is 13.2 Å². The molecule has 0 aliphatic carbocycles. The Hall–Kier alpha value is -2.64. The number of unbranched alkanes of at least 4 members (excludes halogenated alkanes) is 46. The highest BCUT2D eigenvalue weighted by atomic mass is 16.7. The maximum atomic E-state index is 13.5. The monoisotopic (exact) mass is 1280 g/mol. The summed E-state index contributed by atoms with van der Waals surface area (Å²) in [5.41, 5.74) is 0. The summed E-state index contributed by atoms with van der Waals surface area (Å²) >= 11 is 0. The summed E-state index contributed by atoms with van der Waals surface area (Å²) in [7, 11) is 0. The van der Waals surface area contributed by atoms with Crippen LogP contribution in [0.1, 0.15) is 374 Å². The Labute approximate surface area is 560 Å². The number of allylic oxidation sites excluding steroid dienone is 9. The van der Waals surface area contributed by atoms with Crippen LogP contribution in [0.3, 0.4) is 0 Å². The second-order valence-corrected chi connectivity index (χ2v) is 27.1. The van der Waals surface area contributed by atoms with Crippen molar-refractivity contribution in [3.8, 4) is 0 Å². The lowest BCUT2D eigenvalue weighted by atomic mass is 9.99. The zero-order chi connectivity index (χ0) is 66.0. The summed E-state index contributed by atoms with van der Waals surface area (Å²) in [5.74, 6) is -1.18. The standard InChI is InChI=1S/C80H147NO10/c1-4-7-10-13-16-19-22-25-27-29-31-33-35-36-37-39-40-42-44-46-49-52-55-58-61-64-67-73(84)79(88)81-71(72(83)66-63-60-57-54-51-48-24-21-18-15-12-9-6-3)70-89-80-78(77(87)76(86)74(69-82)90-80)91-75(85)68-65-62-59-56-53-50-47-45-43-41-38-34-32-30-28-26-23-20-17-14-11-8-5-2/h16,19,25,27,31,33,36-37,63,66,71-74,76-78,80,82-84,86-87H,4-15,17-18,20-24,26,28-30,32,34-35,38-62,64-65,67-70H2,1-3H3,(H,81,88)/b19-16-,27-25-,33-31-,37-36-,66-63+. The van der Waals surface area contributed by atoms with Gasteiger partial charge >= 0.3 is 5.97 Å². The van der Waals surface area contributed by atoms with Crippen LogP contribution in [0.2, 0.25) is 0 Å². The van der Waals surface area contributed by atoms with Crippen molar-refractivity contribution >= 4 is 11.9 Å². The van der Waals surface area contributed by atoms with Crippen molar-refractivity contribution in [3.63, 3.8) is 0 Å². The highest BCUT2D eigenvalue weighted by molar-refractivity contribution is 5.80. The van der Waals surface area contributed by atoms with Gasteiger partial charge in [-0.15, -0.1) is 0 Å². The van der Waals surface area contributed by atoms with Crippen molar-refractivity contribution in [3.05, 3.63) is 60.8 Å². The third-order valence-electron chi connectivity index (χ3n) is 18.4. The first kappa shape index (κ1) is 86.4. The maximum absolute atomic E-state index is 13.5. The second kappa shape index (κ2) is 67.3. The molecule has 1 amide bonds. The molecule has 1 fully saturated rings. The summed E-state index contributed by atoms with van der Waals surface area (Å²) in [6.45, 7) is 5.83. The van der Waals surface area contributed by atoms with Gasteiger partial charge in [-0.05, 0) is 70.6 Å². The molecule has 8 atom stereocenters. The zero-order valence-corrected chi connectivity index (χ0v) is 59.5. The molecule has 0 bridgehead atoms. The molecule has 1 aliphatic rings. The van der Waals surface area contributed by atoms with Crippen molar-refractivity contribution in [1.29, 1.82) is 0 Å². The summed E-state index contributed by atoms with van der Waals surface area (Å²) in [4.78, 5) is 26.8. The molecule has 11 nitrogen and oxygen atoms in total. The van der Waals surface area contributed by atoms with Crippen LogP contribution >= 0.6 is 0 Å². The number of aliphatic hydroxyl groups is 5. The van der Waals surface area contributed by atoms with Crippen molar-refractivity contribution in [2.24, 2.45) is 0 Å². The SMILES string of the molecule is CCCCC/C=C\C/C=C\C/C=C\C/C=C\CCCCCCCCCCCCC(O)C(=O)NC(COC1OC(CO)C(O)C(O)C1OC(=O)CCCCCCCCCCCCCCCCCCCCCCCCC)C(O)/C=C/CCCCCCCCCCCCC. The fraction of sp³-hybridized carbons (Fsp3) is 0.850. The van der Waals surface area contributed by atoms with Crippen molar-refractivity contribution < 1.29 is 49.3 Å². The number of amides is 1. The van der Waals surface area contributed by atoms with Crippen LogP contribution in [-0.4, -0.2) is 99.6 Å². The van der Waals surface area contributed by atoms with E-state index < -0.39 is 67.4 Å². The topological polar surface area (TPSA) is 175 Å². The van der Waals surface area contributed by atoms with Gasteiger partial charge in [0.15, 0.2) is 12.4 Å². The molecule has 532 valence electrons. The quantitative estimate of drug-likeness (QED) is 0.0195. The molecule has 0 aromatic heterocycles. The fourth-order valence-electron chi connectivity index (χ4n) is 12.3. The van der Waals surface area contributed by atoms with E-state index in [0.29, 0.717) is 12.8 Å². The Balaban J connectivity index is 2.53. The van der Waals surface area contributed by atoms with Gasteiger partial charge in [-0.25, -0.2) is 0 Å². The highest BCUT2D eigenvalue weighted by Gasteiger charge is 2.47. The van der Waals surface area contributed by atoms with Gasteiger partial charge in [0.2, 0.25) is 5.91 Å². The van der Waals surface area contributed by atoms with E-state index in [4.69, 9.17) is 14.2 Å². The van der Waals surface area contributed by atoms with Crippen LogP contribution in [0.4, 0.5) is 0 Å². The van der Waals surface area contributed by atoms with E-state index in [0.717, 1.165) is 83.5 Å². The molecule has 0 aromatic rings. The molecule has 1 heterocycles. The molecule has 0 aromatic carbocycles. The average Bonchev–Trinajstić information content (AvgIpc) is 0.969. The molecule has 11 heteroatoms. The van der Waals surface area contributed by atoms with Crippen LogP contribution in [0.5, 0.6) is 0 Å². The average molecular weight is 1280 g/mol. The Morgan fingerprint density at radius 1 is 0.429 bits per heavy atom. The Morgan fingerprint density at radius 2 is 0.758 bits per heavy atom. The van der Waals surface area contributed by atoms with E-state index in [-0.39, 0.29) is 19.4 Å². The smallest absolute Gasteiger partial charge is 0.306 e. The van der Waals surface area contributed by atoms with Crippen LogP contribution in [-0.2, 0) is 23.8 Å². The van der Waals surface area contributed by atoms with Crippen molar-refractivity contribution in [2.45, 2.75) is 423 Å². The first-order chi connectivity index (χ1) is 44.7. The lowest BCUT2D eigenvalue weighted by Gasteiger charge is -2.41. The first-order valence-electron chi connectivity index (χ1n) is 39.1. The molecule has 1 aliphatic heterocycles. The third-order valence-corrected chi connectivity index (χ3v) is 18.4. The van der Waals surface area contributed by atoms with Gasteiger partial charge < -0.3 is 45.1 Å². The molecule has 0 saturated carbocycles. The fourth-order valence-corrected chi connectivity index (χ4v) is 12.3. The van der Waals surface area contributed by atoms with Gasteiger partial charge in [-0.1, -0.05) is 358 Å². The molecule has 0 radical (unpaired) electrons. The van der Waals surface area contributed by atoms with Crippen LogP contribution in [0.25, 0.3) is 0 Å². The third kappa shape index (κ3) is 54.2. The predicted octanol–water partition coefficient (Wildman–Crippen LogP) is 20.9. The summed E-state index contributed by atoms with van der Waals surface area (Å²) in [6, 6.07) is -1.03. The molecule has 1 rings (SSSR count). The molecular weight excluding hydrogens is 1130 g/mol. The number of ether oxygens (including phenoxy) is 3. The van der Waals surface area contributed by atoms with Crippen LogP contribution in [0, 0.1) is 0 Å². The number of aliphatic hydroxyl groups excluding tert-OH is 5. The lowest BCUT2D eigenvalue weighted by molar-refractivity contribution is -0.305. The number of rotatable bonds is 68. The molecular formula is C80H147NO10. The lowest BCUT2D eigenvalue weighted by Crippen LogP contribution is -2.61. The highest BCUT2D eigenvalue weighted by Crippen LogP contribution is 2.27. The van der Waals surface area contributed by atoms with Gasteiger partial charge in [-0.2, -0.15) is 0 Å². The summed E-state index contributed by atoms with van der Waals surface area (Å²) in [6.07, 6.45) is 76.9. The second-order valence-electron chi connectivity index (χ2n) is 27.1.